The summed E-state index contributed by atoms with van der Waals surface area (Å²) >= 11 is 1.73. The van der Waals surface area contributed by atoms with E-state index in [1.54, 1.807) is 24.2 Å². The van der Waals surface area contributed by atoms with Crippen LogP contribution in [0.3, 0.4) is 0 Å². The molecule has 9 aromatic rings. The number of thioether (sulfide) groups is 1. The Kier molecular flexibility index (Phi) is 9.17. The second-order valence-electron chi connectivity index (χ2n) is 15.1. The zero-order chi connectivity index (χ0) is 41.6. The van der Waals surface area contributed by atoms with E-state index < -0.39 is 5.41 Å². The van der Waals surface area contributed by atoms with E-state index in [2.05, 4.69) is 95.9 Å². The van der Waals surface area contributed by atoms with Crippen LogP contribution in [0.4, 0.5) is 0 Å². The van der Waals surface area contributed by atoms with Crippen molar-refractivity contribution in [3.63, 3.8) is 0 Å². The van der Waals surface area contributed by atoms with Gasteiger partial charge in [0.1, 0.15) is 0 Å². The molecule has 0 bridgehead atoms. The molecule has 1 atom stereocenters. The number of fused-ring (bicyclic) bond motifs is 7. The lowest BCUT2D eigenvalue weighted by molar-refractivity contribution is 0.742. The van der Waals surface area contributed by atoms with Gasteiger partial charge in [-0.1, -0.05) is 152 Å². The lowest BCUT2D eigenvalue weighted by atomic mass is 9.66. The molecule has 1 spiro atoms. The lowest BCUT2D eigenvalue weighted by Gasteiger charge is -2.40. The van der Waals surface area contributed by atoms with Crippen LogP contribution < -0.4 is 0 Å². The highest BCUT2D eigenvalue weighted by atomic mass is 32.2. The van der Waals surface area contributed by atoms with Crippen molar-refractivity contribution >= 4 is 11.8 Å². The first kappa shape index (κ1) is 37.2. The number of hydrogen-bond acceptors (Lipinski definition) is 7. The first-order chi connectivity index (χ1) is 30.6. The summed E-state index contributed by atoms with van der Waals surface area (Å²) in [5.74, 6) is 1.83. The summed E-state index contributed by atoms with van der Waals surface area (Å²) < 4.78 is 0. The van der Waals surface area contributed by atoms with Crippen molar-refractivity contribution in [2.24, 2.45) is 0 Å². The molecule has 292 valence electrons. The summed E-state index contributed by atoms with van der Waals surface area (Å²) in [6.45, 7) is 8.82. The molecule has 5 aromatic carbocycles. The third-order valence-electron chi connectivity index (χ3n) is 11.7. The zero-order valence-electron chi connectivity index (χ0n) is 33.5. The molecule has 0 amide bonds. The summed E-state index contributed by atoms with van der Waals surface area (Å²) in [6, 6.07) is 58.5. The minimum absolute atomic E-state index is 0.597. The maximum atomic E-state index is 5.15. The maximum Gasteiger partial charge on any atom is 0.164 e. The van der Waals surface area contributed by atoms with Gasteiger partial charge in [-0.15, -0.1) is 0 Å². The summed E-state index contributed by atoms with van der Waals surface area (Å²) in [6.07, 6.45) is 7.59. The van der Waals surface area contributed by atoms with Gasteiger partial charge in [0.05, 0.1) is 28.2 Å². The van der Waals surface area contributed by atoms with Crippen LogP contribution >= 0.6 is 11.8 Å². The van der Waals surface area contributed by atoms with Gasteiger partial charge in [-0.25, -0.2) is 19.9 Å². The Morgan fingerprint density at radius 1 is 0.403 bits per heavy atom. The van der Waals surface area contributed by atoms with Crippen LogP contribution in [0.15, 0.2) is 223 Å². The SMILES string of the molecule is C=CC1=C(C=C)C2(c3ccccc3S1)c1cc(-c3cc(-c4ccccn4)nc(-c4ccccn4)c3)ccc1-c1ccc(-c3nc(-c4ccccc4)nc(-c4ccccc4)n3)cc12. The molecule has 1 aliphatic carbocycles. The van der Waals surface area contributed by atoms with Crippen LogP contribution in [0, 0.1) is 0 Å². The van der Waals surface area contributed by atoms with Crippen LogP contribution in [0.2, 0.25) is 0 Å². The van der Waals surface area contributed by atoms with Gasteiger partial charge in [0, 0.05) is 38.9 Å². The number of benzene rings is 5. The Hall–Kier alpha value is -7.87. The highest BCUT2D eigenvalue weighted by molar-refractivity contribution is 8.03. The molecule has 1 unspecified atom stereocenters. The smallest absolute Gasteiger partial charge is 0.164 e. The van der Waals surface area contributed by atoms with Crippen LogP contribution in [0.25, 0.3) is 79.2 Å². The number of aromatic nitrogens is 6. The largest absolute Gasteiger partial charge is 0.255 e. The van der Waals surface area contributed by atoms with E-state index in [1.807, 2.05) is 109 Å². The maximum absolute atomic E-state index is 5.15. The van der Waals surface area contributed by atoms with E-state index in [4.69, 9.17) is 19.9 Å². The fourth-order valence-corrected chi connectivity index (χ4v) is 10.1. The Bertz CT molecular complexity index is 2950. The molecule has 0 saturated heterocycles. The van der Waals surface area contributed by atoms with E-state index in [0.717, 1.165) is 83.3 Å². The third kappa shape index (κ3) is 6.13. The lowest BCUT2D eigenvalue weighted by Crippen LogP contribution is -2.32. The molecule has 4 aromatic heterocycles. The van der Waals surface area contributed by atoms with Crippen molar-refractivity contribution in [2.75, 3.05) is 0 Å². The van der Waals surface area contributed by atoms with Crippen molar-refractivity contribution in [3.05, 3.63) is 235 Å². The number of hydrogen-bond donors (Lipinski definition) is 0. The Balaban J connectivity index is 1.16. The summed E-state index contributed by atoms with van der Waals surface area (Å²) in [7, 11) is 0. The van der Waals surface area contributed by atoms with E-state index >= 15 is 0 Å². The average Bonchev–Trinajstić information content (AvgIpc) is 3.63. The van der Waals surface area contributed by atoms with Crippen LogP contribution in [-0.4, -0.2) is 29.9 Å². The van der Waals surface area contributed by atoms with Crippen molar-refractivity contribution < 1.29 is 0 Å². The molecule has 6 nitrogen and oxygen atoms in total. The predicted octanol–water partition coefficient (Wildman–Crippen LogP) is 13.1. The Labute approximate surface area is 364 Å². The summed E-state index contributed by atoms with van der Waals surface area (Å²) in [4.78, 5) is 32.0. The fourth-order valence-electron chi connectivity index (χ4n) is 8.92. The van der Waals surface area contributed by atoms with E-state index in [-0.39, 0.29) is 0 Å². The topological polar surface area (TPSA) is 77.3 Å². The van der Waals surface area contributed by atoms with Gasteiger partial charge in [0.2, 0.25) is 0 Å². The molecule has 0 fully saturated rings. The van der Waals surface area contributed by atoms with Crippen molar-refractivity contribution in [1.82, 2.24) is 29.9 Å². The third-order valence-corrected chi connectivity index (χ3v) is 12.9. The van der Waals surface area contributed by atoms with Gasteiger partial charge in [-0.2, -0.15) is 0 Å². The molecular weight excluding hydrogens is 777 g/mol. The Morgan fingerprint density at radius 2 is 0.919 bits per heavy atom. The highest BCUT2D eigenvalue weighted by Gasteiger charge is 2.50. The van der Waals surface area contributed by atoms with Crippen LogP contribution in [0.5, 0.6) is 0 Å². The van der Waals surface area contributed by atoms with Crippen molar-refractivity contribution in [1.29, 1.82) is 0 Å². The minimum Gasteiger partial charge on any atom is -0.255 e. The van der Waals surface area contributed by atoms with Crippen LogP contribution in [0.1, 0.15) is 16.7 Å². The monoisotopic (exact) mass is 812 g/mol. The van der Waals surface area contributed by atoms with Crippen molar-refractivity contribution in [2.45, 2.75) is 10.3 Å². The normalized spacial score (nSPS) is 14.8. The minimum atomic E-state index is -0.748. The Morgan fingerprint density at radius 3 is 1.47 bits per heavy atom. The molecule has 0 radical (unpaired) electrons. The van der Waals surface area contributed by atoms with Gasteiger partial charge in [-0.3, -0.25) is 9.97 Å². The molecule has 2 aliphatic rings. The van der Waals surface area contributed by atoms with Gasteiger partial charge in [0.15, 0.2) is 17.5 Å². The number of nitrogens with zero attached hydrogens (tertiary/aromatic N) is 6. The quantitative estimate of drug-likeness (QED) is 0.151. The fraction of sp³-hybridized carbons (Fsp3) is 0.0182. The molecule has 62 heavy (non-hydrogen) atoms. The van der Waals surface area contributed by atoms with E-state index in [9.17, 15) is 0 Å². The second-order valence-corrected chi connectivity index (χ2v) is 16.2. The van der Waals surface area contributed by atoms with E-state index in [1.165, 1.54) is 10.5 Å². The molecule has 7 heteroatoms. The molecule has 11 rings (SSSR count). The first-order valence-electron chi connectivity index (χ1n) is 20.4. The summed E-state index contributed by atoms with van der Waals surface area (Å²) in [5.41, 5.74) is 14.0. The van der Waals surface area contributed by atoms with Crippen molar-refractivity contribution in [3.8, 4) is 79.2 Å². The van der Waals surface area contributed by atoms with Gasteiger partial charge in [-0.05, 0) is 99.1 Å². The van der Waals surface area contributed by atoms with E-state index in [0.29, 0.717) is 17.5 Å². The average molecular weight is 813 g/mol. The molecule has 0 saturated carbocycles. The predicted molar refractivity (Wildman–Crippen MR) is 251 cm³/mol. The molecule has 1 aliphatic heterocycles. The molecule has 0 N–H and O–H groups in total. The van der Waals surface area contributed by atoms with Crippen LogP contribution in [-0.2, 0) is 5.41 Å². The van der Waals surface area contributed by atoms with Gasteiger partial charge >= 0.3 is 0 Å². The van der Waals surface area contributed by atoms with Gasteiger partial charge in [0.25, 0.3) is 0 Å². The first-order valence-corrected chi connectivity index (χ1v) is 21.2. The number of rotatable bonds is 8. The second kappa shape index (κ2) is 15.3. The standard InChI is InChI=1S/C55H36N6S/c1-3-42-50(4-2)62-51-24-12-11-21-43(51)55(42)44-31-37(39-33-48(46-22-13-15-29-56-46)58-49(34-39)47-23-14-16-30-57-47)25-27-40(44)41-28-26-38(32-45(41)55)54-60-52(35-17-7-5-8-18-35)59-53(61-54)36-19-9-6-10-20-36/h3-34H,1-2H2. The van der Waals surface area contributed by atoms with Gasteiger partial charge < -0.3 is 0 Å². The summed E-state index contributed by atoms with van der Waals surface area (Å²) in [5, 5.41) is 0. The highest BCUT2D eigenvalue weighted by Crippen LogP contribution is 2.63. The molecular formula is C55H36N6S. The number of allylic oxidation sites excluding steroid dienone is 3. The molecule has 5 heterocycles. The number of pyridine rings is 3. The zero-order valence-corrected chi connectivity index (χ0v) is 34.3.